The maximum atomic E-state index is 11.4. The summed E-state index contributed by atoms with van der Waals surface area (Å²) in [4.78, 5) is 13.6. The number of benzene rings is 1. The normalized spacial score (nSPS) is 24.3. The van der Waals surface area contributed by atoms with E-state index in [1.165, 1.54) is 5.56 Å². The second kappa shape index (κ2) is 6.68. The van der Waals surface area contributed by atoms with E-state index in [1.54, 1.807) is 7.11 Å². The van der Waals surface area contributed by atoms with Crippen LogP contribution in [0.15, 0.2) is 30.3 Å². The van der Waals surface area contributed by atoms with Crippen molar-refractivity contribution in [3.05, 3.63) is 35.9 Å². The molecule has 0 spiro atoms. The Bertz CT molecular complexity index is 407. The van der Waals surface area contributed by atoms with Crippen LogP contribution in [0.4, 0.5) is 0 Å². The Morgan fingerprint density at radius 2 is 2.16 bits per heavy atom. The Morgan fingerprint density at radius 1 is 1.42 bits per heavy atom. The van der Waals surface area contributed by atoms with Gasteiger partial charge in [0.15, 0.2) is 0 Å². The van der Waals surface area contributed by atoms with Crippen LogP contribution in [-0.4, -0.2) is 42.3 Å². The predicted molar refractivity (Wildman–Crippen MR) is 72.9 cm³/mol. The summed E-state index contributed by atoms with van der Waals surface area (Å²) >= 11 is 0. The fourth-order valence-corrected chi connectivity index (χ4v) is 2.82. The zero-order valence-corrected chi connectivity index (χ0v) is 11.3. The van der Waals surface area contributed by atoms with Crippen molar-refractivity contribution in [2.45, 2.75) is 25.4 Å². The van der Waals surface area contributed by atoms with Crippen molar-refractivity contribution in [3.63, 3.8) is 0 Å². The zero-order chi connectivity index (χ0) is 13.7. The molecule has 19 heavy (non-hydrogen) atoms. The topological polar surface area (TPSA) is 49.8 Å². The molecule has 0 unspecified atom stereocenters. The first-order valence-corrected chi connectivity index (χ1v) is 6.72. The molecule has 0 bridgehead atoms. The quantitative estimate of drug-likeness (QED) is 0.882. The summed E-state index contributed by atoms with van der Waals surface area (Å²) < 4.78 is 5.22. The Balaban J connectivity index is 2.10. The van der Waals surface area contributed by atoms with E-state index in [-0.39, 0.29) is 12.0 Å². The molecule has 0 radical (unpaired) electrons. The van der Waals surface area contributed by atoms with Crippen molar-refractivity contribution in [1.82, 2.24) is 4.90 Å². The summed E-state index contributed by atoms with van der Waals surface area (Å²) in [5, 5.41) is 9.34. The van der Waals surface area contributed by atoms with Gasteiger partial charge in [-0.05, 0) is 24.9 Å². The highest BCUT2D eigenvalue weighted by Crippen LogP contribution is 2.26. The molecule has 1 fully saturated rings. The second-order valence-corrected chi connectivity index (χ2v) is 5.07. The molecule has 1 saturated heterocycles. The number of nitrogens with zero attached hydrogens (tertiary/aromatic N) is 1. The van der Waals surface area contributed by atoms with Gasteiger partial charge in [-0.25, -0.2) is 0 Å². The van der Waals surface area contributed by atoms with Crippen molar-refractivity contribution in [2.75, 3.05) is 20.3 Å². The van der Waals surface area contributed by atoms with Crippen LogP contribution in [0.1, 0.15) is 18.4 Å². The number of methoxy groups -OCH3 is 1. The van der Waals surface area contributed by atoms with Gasteiger partial charge in [-0.15, -0.1) is 0 Å². The predicted octanol–water partition coefficient (Wildman–Crippen LogP) is 2.00. The second-order valence-electron chi connectivity index (χ2n) is 5.07. The third kappa shape index (κ3) is 3.55. The molecular weight excluding hydrogens is 242 g/mol. The Hall–Kier alpha value is -1.39. The van der Waals surface area contributed by atoms with E-state index in [0.717, 1.165) is 25.9 Å². The molecule has 1 heterocycles. The SMILES string of the molecule is COC[C@@H]1[C@H](C(=O)O)CCCN1Cc1ccccc1. The fourth-order valence-electron chi connectivity index (χ4n) is 2.82. The highest BCUT2D eigenvalue weighted by molar-refractivity contribution is 5.71. The average Bonchev–Trinajstić information content (AvgIpc) is 2.42. The lowest BCUT2D eigenvalue weighted by Crippen LogP contribution is -2.49. The number of carboxylic acid groups (broad SMARTS) is 1. The summed E-state index contributed by atoms with van der Waals surface area (Å²) in [5.74, 6) is -1.03. The molecule has 2 rings (SSSR count). The maximum Gasteiger partial charge on any atom is 0.308 e. The van der Waals surface area contributed by atoms with Crippen LogP contribution in [0, 0.1) is 5.92 Å². The van der Waals surface area contributed by atoms with E-state index in [9.17, 15) is 9.90 Å². The molecule has 0 amide bonds. The Morgan fingerprint density at radius 3 is 2.79 bits per heavy atom. The van der Waals surface area contributed by atoms with Gasteiger partial charge < -0.3 is 9.84 Å². The van der Waals surface area contributed by atoms with E-state index in [1.807, 2.05) is 18.2 Å². The minimum atomic E-state index is -0.709. The minimum Gasteiger partial charge on any atom is -0.481 e. The van der Waals surface area contributed by atoms with Crippen LogP contribution in [-0.2, 0) is 16.1 Å². The molecule has 1 N–H and O–H groups in total. The van der Waals surface area contributed by atoms with Crippen LogP contribution in [0.2, 0.25) is 0 Å². The van der Waals surface area contributed by atoms with Crippen molar-refractivity contribution in [2.24, 2.45) is 5.92 Å². The molecule has 104 valence electrons. The lowest BCUT2D eigenvalue weighted by molar-refractivity contribution is -0.147. The first-order valence-electron chi connectivity index (χ1n) is 6.72. The number of carboxylic acids is 1. The molecule has 1 aliphatic heterocycles. The number of hydrogen-bond donors (Lipinski definition) is 1. The fraction of sp³-hybridized carbons (Fsp3) is 0.533. The van der Waals surface area contributed by atoms with Gasteiger partial charge in [-0.3, -0.25) is 9.69 Å². The first kappa shape index (κ1) is 14.0. The number of piperidine rings is 1. The van der Waals surface area contributed by atoms with E-state index in [4.69, 9.17) is 4.74 Å². The molecule has 1 aromatic rings. The summed E-state index contributed by atoms with van der Waals surface area (Å²) in [6.45, 7) is 2.20. The van der Waals surface area contributed by atoms with Gasteiger partial charge in [0.2, 0.25) is 0 Å². The average molecular weight is 263 g/mol. The number of rotatable bonds is 5. The van der Waals surface area contributed by atoms with Gasteiger partial charge in [0.25, 0.3) is 0 Å². The molecule has 1 aliphatic rings. The Labute approximate surface area is 114 Å². The number of likely N-dealkylation sites (tertiary alicyclic amines) is 1. The van der Waals surface area contributed by atoms with Crippen LogP contribution in [0.25, 0.3) is 0 Å². The number of ether oxygens (including phenoxy) is 1. The van der Waals surface area contributed by atoms with E-state index < -0.39 is 5.97 Å². The number of carbonyl (C=O) groups is 1. The first-order chi connectivity index (χ1) is 9.22. The van der Waals surface area contributed by atoms with Crippen LogP contribution < -0.4 is 0 Å². The van der Waals surface area contributed by atoms with Gasteiger partial charge >= 0.3 is 5.97 Å². The van der Waals surface area contributed by atoms with E-state index in [2.05, 4.69) is 17.0 Å². The van der Waals surface area contributed by atoms with Gasteiger partial charge in [-0.2, -0.15) is 0 Å². The minimum absolute atomic E-state index is 0.0311. The molecule has 0 aromatic heterocycles. The molecule has 2 atom stereocenters. The van der Waals surface area contributed by atoms with Crippen LogP contribution in [0.3, 0.4) is 0 Å². The van der Waals surface area contributed by atoms with Gasteiger partial charge in [0, 0.05) is 19.7 Å². The van der Waals surface area contributed by atoms with Gasteiger partial charge in [0.05, 0.1) is 12.5 Å². The lowest BCUT2D eigenvalue weighted by atomic mass is 9.89. The summed E-state index contributed by atoms with van der Waals surface area (Å²) in [6, 6.07) is 10.1. The van der Waals surface area contributed by atoms with E-state index in [0.29, 0.717) is 6.61 Å². The highest BCUT2D eigenvalue weighted by atomic mass is 16.5. The largest absolute Gasteiger partial charge is 0.481 e. The monoisotopic (exact) mass is 263 g/mol. The number of hydrogen-bond acceptors (Lipinski definition) is 3. The van der Waals surface area contributed by atoms with Crippen molar-refractivity contribution < 1.29 is 14.6 Å². The van der Waals surface area contributed by atoms with Crippen LogP contribution >= 0.6 is 0 Å². The van der Waals surface area contributed by atoms with Gasteiger partial charge in [-0.1, -0.05) is 30.3 Å². The highest BCUT2D eigenvalue weighted by Gasteiger charge is 2.35. The molecule has 0 aliphatic carbocycles. The molecular formula is C15H21NO3. The maximum absolute atomic E-state index is 11.4. The van der Waals surface area contributed by atoms with Gasteiger partial charge in [0.1, 0.15) is 0 Å². The Kier molecular flexibility index (Phi) is 4.93. The smallest absolute Gasteiger partial charge is 0.308 e. The summed E-state index contributed by atoms with van der Waals surface area (Å²) in [7, 11) is 1.63. The number of aliphatic carboxylic acids is 1. The molecule has 0 saturated carbocycles. The van der Waals surface area contributed by atoms with E-state index >= 15 is 0 Å². The third-order valence-electron chi connectivity index (χ3n) is 3.78. The van der Waals surface area contributed by atoms with Crippen LogP contribution in [0.5, 0.6) is 0 Å². The zero-order valence-electron chi connectivity index (χ0n) is 11.3. The third-order valence-corrected chi connectivity index (χ3v) is 3.78. The molecule has 1 aromatic carbocycles. The molecule has 4 heteroatoms. The van der Waals surface area contributed by atoms with Crippen molar-refractivity contribution in [1.29, 1.82) is 0 Å². The van der Waals surface area contributed by atoms with Crippen molar-refractivity contribution in [3.8, 4) is 0 Å². The standard InChI is InChI=1S/C15H21NO3/c1-19-11-14-13(15(17)18)8-5-9-16(14)10-12-6-3-2-4-7-12/h2-4,6-7,13-14H,5,8-11H2,1H3,(H,17,18)/t13-,14-/m1/s1. The summed E-state index contributed by atoms with van der Waals surface area (Å²) in [5.41, 5.74) is 1.22. The molecule has 4 nitrogen and oxygen atoms in total. The summed E-state index contributed by atoms with van der Waals surface area (Å²) in [6.07, 6.45) is 1.68. The van der Waals surface area contributed by atoms with Crippen molar-refractivity contribution >= 4 is 5.97 Å². The lowest BCUT2D eigenvalue weighted by Gasteiger charge is -2.39.